The molecule has 0 saturated heterocycles. The van der Waals surface area contributed by atoms with Crippen molar-refractivity contribution in [3.63, 3.8) is 0 Å². The lowest BCUT2D eigenvalue weighted by atomic mass is 10.2. The molecule has 1 aromatic carbocycles. The number of benzene rings is 1. The van der Waals surface area contributed by atoms with Gasteiger partial charge in [0.1, 0.15) is 11.6 Å². The SMILES string of the molecule is Cc1cccc(OC2=NS(=O)(=O)N=C(CCCCN)N2)c1. The Kier molecular flexibility index (Phi) is 4.92. The molecule has 21 heavy (non-hydrogen) atoms. The van der Waals surface area contributed by atoms with Crippen LogP contribution in [0.5, 0.6) is 5.75 Å². The fraction of sp³-hybridized carbons (Fsp3) is 0.385. The highest BCUT2D eigenvalue weighted by Gasteiger charge is 2.20. The van der Waals surface area contributed by atoms with Crippen LogP contribution in [-0.4, -0.2) is 26.8 Å². The summed E-state index contributed by atoms with van der Waals surface area (Å²) in [5.41, 5.74) is 6.42. The third-order valence-electron chi connectivity index (χ3n) is 2.75. The van der Waals surface area contributed by atoms with Gasteiger partial charge in [-0.15, -0.1) is 4.40 Å². The number of ether oxygens (including phenoxy) is 1. The van der Waals surface area contributed by atoms with Gasteiger partial charge in [0.05, 0.1) is 0 Å². The monoisotopic (exact) mass is 310 g/mol. The molecule has 0 aromatic heterocycles. The Morgan fingerprint density at radius 3 is 2.81 bits per heavy atom. The van der Waals surface area contributed by atoms with Crippen LogP contribution in [0, 0.1) is 6.92 Å². The fourth-order valence-corrected chi connectivity index (χ4v) is 2.56. The van der Waals surface area contributed by atoms with Crippen molar-refractivity contribution in [2.75, 3.05) is 6.54 Å². The van der Waals surface area contributed by atoms with Crippen LogP contribution in [0.15, 0.2) is 33.1 Å². The summed E-state index contributed by atoms with van der Waals surface area (Å²) in [4.78, 5) is 0. The lowest BCUT2D eigenvalue weighted by molar-refractivity contribution is 0.528. The first-order valence-corrected chi connectivity index (χ1v) is 8.03. The summed E-state index contributed by atoms with van der Waals surface area (Å²) in [5, 5.41) is 2.79. The molecule has 114 valence electrons. The van der Waals surface area contributed by atoms with Gasteiger partial charge in [0, 0.05) is 6.42 Å². The van der Waals surface area contributed by atoms with Crippen LogP contribution < -0.4 is 15.8 Å². The smallest absolute Gasteiger partial charge is 0.369 e. The number of amidine groups is 2. The van der Waals surface area contributed by atoms with E-state index in [1.54, 1.807) is 12.1 Å². The number of aryl methyl sites for hydroxylation is 1. The van der Waals surface area contributed by atoms with Crippen molar-refractivity contribution in [2.24, 2.45) is 14.5 Å². The Morgan fingerprint density at radius 2 is 2.10 bits per heavy atom. The van der Waals surface area contributed by atoms with E-state index in [0.717, 1.165) is 18.4 Å². The van der Waals surface area contributed by atoms with Crippen molar-refractivity contribution in [1.82, 2.24) is 5.32 Å². The summed E-state index contributed by atoms with van der Waals surface area (Å²) in [6.07, 6.45) is 2.02. The van der Waals surface area contributed by atoms with Crippen molar-refractivity contribution >= 4 is 22.1 Å². The maximum Gasteiger partial charge on any atom is 0.369 e. The molecule has 0 saturated carbocycles. The fourth-order valence-electron chi connectivity index (χ4n) is 1.81. The molecule has 8 heteroatoms. The maximum atomic E-state index is 11.6. The van der Waals surface area contributed by atoms with Gasteiger partial charge in [0.25, 0.3) is 0 Å². The van der Waals surface area contributed by atoms with E-state index in [2.05, 4.69) is 14.1 Å². The number of nitrogens with two attached hydrogens (primary N) is 1. The summed E-state index contributed by atoms with van der Waals surface area (Å²) in [7, 11) is -3.89. The molecular weight excluding hydrogens is 292 g/mol. The van der Waals surface area contributed by atoms with E-state index in [-0.39, 0.29) is 6.02 Å². The van der Waals surface area contributed by atoms with E-state index < -0.39 is 10.2 Å². The minimum atomic E-state index is -3.89. The highest BCUT2D eigenvalue weighted by Crippen LogP contribution is 2.14. The van der Waals surface area contributed by atoms with Crippen molar-refractivity contribution in [3.8, 4) is 5.75 Å². The first-order valence-electron chi connectivity index (χ1n) is 6.64. The molecule has 0 aliphatic carbocycles. The number of rotatable bonds is 5. The van der Waals surface area contributed by atoms with E-state index in [0.29, 0.717) is 24.6 Å². The molecule has 1 aromatic rings. The predicted octanol–water partition coefficient (Wildman–Crippen LogP) is 1.11. The molecule has 0 amide bonds. The molecule has 0 bridgehead atoms. The standard InChI is InChI=1S/C13H18N4O3S/c1-10-5-4-6-11(9-10)20-13-15-12(7-2-3-8-14)16-21(18,19)17-13/h4-6,9H,2-3,7-8,14H2,1H3,(H,15,16,17). The lowest BCUT2D eigenvalue weighted by Gasteiger charge is -2.15. The summed E-state index contributed by atoms with van der Waals surface area (Å²) in [6.45, 7) is 2.47. The van der Waals surface area contributed by atoms with Gasteiger partial charge in [-0.05, 0) is 44.0 Å². The summed E-state index contributed by atoms with van der Waals surface area (Å²) in [6, 6.07) is 7.16. The first-order chi connectivity index (χ1) is 9.98. The highest BCUT2D eigenvalue weighted by atomic mass is 32.2. The zero-order valence-corrected chi connectivity index (χ0v) is 12.6. The quantitative estimate of drug-likeness (QED) is 0.792. The van der Waals surface area contributed by atoms with Gasteiger partial charge in [0.15, 0.2) is 0 Å². The second-order valence-electron chi connectivity index (χ2n) is 4.67. The van der Waals surface area contributed by atoms with E-state index >= 15 is 0 Å². The van der Waals surface area contributed by atoms with E-state index in [1.165, 1.54) is 0 Å². The Hall–Kier alpha value is -1.93. The lowest BCUT2D eigenvalue weighted by Crippen LogP contribution is -2.38. The molecule has 2 rings (SSSR count). The van der Waals surface area contributed by atoms with Crippen LogP contribution >= 0.6 is 0 Å². The Labute approximate surface area is 124 Å². The second-order valence-corrected chi connectivity index (χ2v) is 5.93. The Bertz CT molecular complexity index is 668. The third-order valence-corrected chi connectivity index (χ3v) is 3.59. The molecule has 3 N–H and O–H groups in total. The average Bonchev–Trinajstić information content (AvgIpc) is 2.37. The number of nitrogens with one attached hydrogen (secondary N) is 1. The number of hydrogen-bond donors (Lipinski definition) is 2. The number of nitrogens with zero attached hydrogens (tertiary/aromatic N) is 2. The maximum absolute atomic E-state index is 11.6. The first kappa shape index (κ1) is 15.5. The molecule has 0 fully saturated rings. The minimum Gasteiger partial charge on any atom is -0.425 e. The molecule has 7 nitrogen and oxygen atoms in total. The van der Waals surface area contributed by atoms with E-state index in [9.17, 15) is 8.42 Å². The minimum absolute atomic E-state index is 0.0849. The summed E-state index contributed by atoms with van der Waals surface area (Å²) >= 11 is 0. The van der Waals surface area contributed by atoms with Gasteiger partial charge < -0.3 is 10.5 Å². The van der Waals surface area contributed by atoms with Crippen LogP contribution in [-0.2, 0) is 10.2 Å². The topological polar surface area (TPSA) is 106 Å². The van der Waals surface area contributed by atoms with Crippen molar-refractivity contribution in [1.29, 1.82) is 0 Å². The highest BCUT2D eigenvalue weighted by molar-refractivity contribution is 7.89. The van der Waals surface area contributed by atoms with Gasteiger partial charge in [0.2, 0.25) is 0 Å². The summed E-state index contributed by atoms with van der Waals surface area (Å²) in [5.74, 6) is 0.834. The van der Waals surface area contributed by atoms with Gasteiger partial charge >= 0.3 is 16.2 Å². The van der Waals surface area contributed by atoms with E-state index in [1.807, 2.05) is 19.1 Å². The van der Waals surface area contributed by atoms with Crippen LogP contribution in [0.4, 0.5) is 0 Å². The van der Waals surface area contributed by atoms with Crippen LogP contribution in [0.2, 0.25) is 0 Å². The van der Waals surface area contributed by atoms with E-state index in [4.69, 9.17) is 10.5 Å². The van der Waals surface area contributed by atoms with Gasteiger partial charge in [-0.1, -0.05) is 16.5 Å². The molecule has 0 unspecified atom stereocenters. The van der Waals surface area contributed by atoms with Crippen LogP contribution in [0.25, 0.3) is 0 Å². The third kappa shape index (κ3) is 4.83. The van der Waals surface area contributed by atoms with Gasteiger partial charge in [-0.25, -0.2) is 0 Å². The van der Waals surface area contributed by atoms with Crippen molar-refractivity contribution in [2.45, 2.75) is 26.2 Å². The summed E-state index contributed by atoms with van der Waals surface area (Å²) < 4.78 is 35.8. The Morgan fingerprint density at radius 1 is 1.29 bits per heavy atom. The number of hydrogen-bond acceptors (Lipinski definition) is 5. The van der Waals surface area contributed by atoms with Gasteiger partial charge in [-0.2, -0.15) is 8.42 Å². The Balaban J connectivity index is 2.09. The number of unbranched alkanes of at least 4 members (excludes halogenated alkanes) is 1. The zero-order chi connectivity index (χ0) is 15.3. The molecule has 1 aliphatic rings. The molecular formula is C13H18N4O3S. The predicted molar refractivity (Wildman–Crippen MR) is 81.6 cm³/mol. The van der Waals surface area contributed by atoms with Crippen LogP contribution in [0.3, 0.4) is 0 Å². The molecule has 0 radical (unpaired) electrons. The second kappa shape index (κ2) is 6.68. The molecule has 1 heterocycles. The molecule has 1 aliphatic heterocycles. The van der Waals surface area contributed by atoms with Crippen molar-refractivity contribution < 1.29 is 13.2 Å². The molecule has 0 atom stereocenters. The molecule has 0 spiro atoms. The van der Waals surface area contributed by atoms with Gasteiger partial charge in [-0.3, -0.25) is 5.32 Å². The van der Waals surface area contributed by atoms with Crippen molar-refractivity contribution in [3.05, 3.63) is 29.8 Å². The average molecular weight is 310 g/mol. The zero-order valence-electron chi connectivity index (χ0n) is 11.7. The van der Waals surface area contributed by atoms with Crippen LogP contribution in [0.1, 0.15) is 24.8 Å². The largest absolute Gasteiger partial charge is 0.425 e. The normalized spacial score (nSPS) is 16.7.